The molecule has 0 spiro atoms. The van der Waals surface area contributed by atoms with Gasteiger partial charge in [0, 0.05) is 20.0 Å². The Morgan fingerprint density at radius 1 is 1.50 bits per heavy atom. The number of nitrogens with one attached hydrogen (secondary N) is 2. The summed E-state index contributed by atoms with van der Waals surface area (Å²) in [6.07, 6.45) is 2.08. The van der Waals surface area contributed by atoms with E-state index in [0.717, 1.165) is 0 Å². The molecule has 1 aromatic carbocycles. The van der Waals surface area contributed by atoms with Gasteiger partial charge >= 0.3 is 0 Å². The first-order valence-corrected chi connectivity index (χ1v) is 5.99. The zero-order valence-electron chi connectivity index (χ0n) is 10.9. The SMILES string of the molecule is Cn1cnc(CCNC(=O)c2cccc(F)c2NN)n1. The molecule has 0 aliphatic carbocycles. The first kappa shape index (κ1) is 13.9. The fraction of sp³-hybridized carbons (Fsp3) is 0.250. The van der Waals surface area contributed by atoms with Crippen molar-refractivity contribution in [1.29, 1.82) is 0 Å². The van der Waals surface area contributed by atoms with Crippen LogP contribution in [0, 0.1) is 5.82 Å². The number of amides is 1. The minimum absolute atomic E-state index is 0.0269. The van der Waals surface area contributed by atoms with Crippen molar-refractivity contribution in [3.8, 4) is 0 Å². The monoisotopic (exact) mass is 278 g/mol. The summed E-state index contributed by atoms with van der Waals surface area (Å²) in [4.78, 5) is 16.0. The Morgan fingerprint density at radius 2 is 2.30 bits per heavy atom. The highest BCUT2D eigenvalue weighted by molar-refractivity contribution is 5.99. The number of hydrogen-bond donors (Lipinski definition) is 3. The van der Waals surface area contributed by atoms with Gasteiger partial charge in [0.25, 0.3) is 5.91 Å². The lowest BCUT2D eigenvalue weighted by molar-refractivity contribution is 0.0954. The van der Waals surface area contributed by atoms with Gasteiger partial charge in [0.05, 0.1) is 11.3 Å². The number of nitrogens with two attached hydrogens (primary N) is 1. The Labute approximate surface area is 115 Å². The maximum absolute atomic E-state index is 13.5. The molecule has 0 atom stereocenters. The molecule has 0 aliphatic rings. The summed E-state index contributed by atoms with van der Waals surface area (Å²) in [6.45, 7) is 0.351. The number of benzene rings is 1. The fourth-order valence-corrected chi connectivity index (χ4v) is 1.74. The molecule has 0 radical (unpaired) electrons. The van der Waals surface area contributed by atoms with Crippen LogP contribution in [0.2, 0.25) is 0 Å². The number of rotatable bonds is 5. The van der Waals surface area contributed by atoms with E-state index in [-0.39, 0.29) is 11.3 Å². The molecular formula is C12H15FN6O. The quantitative estimate of drug-likeness (QED) is 0.536. The maximum atomic E-state index is 13.5. The molecule has 1 aromatic heterocycles. The molecule has 0 aliphatic heterocycles. The molecule has 0 saturated carbocycles. The molecule has 106 valence electrons. The van der Waals surface area contributed by atoms with Gasteiger partial charge in [0.2, 0.25) is 0 Å². The largest absolute Gasteiger partial charge is 0.352 e. The van der Waals surface area contributed by atoms with Crippen LogP contribution in [0.1, 0.15) is 16.2 Å². The van der Waals surface area contributed by atoms with Crippen LogP contribution < -0.4 is 16.6 Å². The number of carbonyl (C=O) groups is 1. The van der Waals surface area contributed by atoms with E-state index in [4.69, 9.17) is 5.84 Å². The predicted octanol–water partition coefficient (Wildman–Crippen LogP) is 0.212. The average Bonchev–Trinajstić information content (AvgIpc) is 2.84. The fourth-order valence-electron chi connectivity index (χ4n) is 1.74. The summed E-state index contributed by atoms with van der Waals surface area (Å²) in [6, 6.07) is 4.17. The number of nitrogen functional groups attached to an aromatic ring is 1. The number of carbonyl (C=O) groups excluding carboxylic acids is 1. The second-order valence-corrected chi connectivity index (χ2v) is 4.15. The second kappa shape index (κ2) is 6.11. The number of anilines is 1. The Balaban J connectivity index is 1.97. The number of aryl methyl sites for hydroxylation is 1. The molecule has 1 heterocycles. The van der Waals surface area contributed by atoms with Gasteiger partial charge in [-0.15, -0.1) is 0 Å². The van der Waals surface area contributed by atoms with Crippen molar-refractivity contribution in [1.82, 2.24) is 20.1 Å². The summed E-state index contributed by atoms with van der Waals surface area (Å²) < 4.78 is 15.0. The topological polar surface area (TPSA) is 97.9 Å². The van der Waals surface area contributed by atoms with Gasteiger partial charge in [0.15, 0.2) is 5.82 Å². The van der Waals surface area contributed by atoms with Crippen molar-refractivity contribution in [2.45, 2.75) is 6.42 Å². The van der Waals surface area contributed by atoms with E-state index in [1.807, 2.05) is 0 Å². The summed E-state index contributed by atoms with van der Waals surface area (Å²) in [5.41, 5.74) is 2.32. The summed E-state index contributed by atoms with van der Waals surface area (Å²) >= 11 is 0. The van der Waals surface area contributed by atoms with Gasteiger partial charge in [-0.2, -0.15) is 5.10 Å². The van der Waals surface area contributed by atoms with Crippen molar-refractivity contribution in [2.75, 3.05) is 12.0 Å². The third-order valence-electron chi connectivity index (χ3n) is 2.68. The Hall–Kier alpha value is -2.48. The highest BCUT2D eigenvalue weighted by Gasteiger charge is 2.14. The van der Waals surface area contributed by atoms with Crippen LogP contribution in [0.4, 0.5) is 10.1 Å². The number of hydrogen-bond acceptors (Lipinski definition) is 5. The lowest BCUT2D eigenvalue weighted by Crippen LogP contribution is -2.27. The van der Waals surface area contributed by atoms with E-state index in [1.165, 1.54) is 18.2 Å². The van der Waals surface area contributed by atoms with Gasteiger partial charge in [-0.05, 0) is 12.1 Å². The highest BCUT2D eigenvalue weighted by atomic mass is 19.1. The molecule has 0 bridgehead atoms. The zero-order chi connectivity index (χ0) is 14.5. The maximum Gasteiger partial charge on any atom is 0.253 e. The van der Waals surface area contributed by atoms with Crippen LogP contribution >= 0.6 is 0 Å². The van der Waals surface area contributed by atoms with Crippen LogP contribution in [-0.4, -0.2) is 27.2 Å². The Morgan fingerprint density at radius 3 is 2.95 bits per heavy atom. The standard InChI is InChI=1S/C12H15FN6O/c1-19-7-16-10(18-19)5-6-15-12(20)8-3-2-4-9(13)11(8)17-14/h2-4,7,17H,5-6,14H2,1H3,(H,15,20). The molecule has 7 nitrogen and oxygen atoms in total. The third-order valence-corrected chi connectivity index (χ3v) is 2.68. The molecule has 2 aromatic rings. The zero-order valence-corrected chi connectivity index (χ0v) is 10.9. The van der Waals surface area contributed by atoms with Crippen molar-refractivity contribution in [3.05, 3.63) is 41.7 Å². The van der Waals surface area contributed by atoms with Crippen LogP contribution in [0.25, 0.3) is 0 Å². The van der Waals surface area contributed by atoms with Crippen LogP contribution in [-0.2, 0) is 13.5 Å². The molecule has 0 saturated heterocycles. The van der Waals surface area contributed by atoms with E-state index >= 15 is 0 Å². The average molecular weight is 278 g/mol. The molecule has 20 heavy (non-hydrogen) atoms. The van der Waals surface area contributed by atoms with Crippen molar-refractivity contribution in [2.24, 2.45) is 12.9 Å². The molecule has 0 unspecified atom stereocenters. The van der Waals surface area contributed by atoms with Crippen LogP contribution in [0.3, 0.4) is 0 Å². The van der Waals surface area contributed by atoms with Gasteiger partial charge in [-0.25, -0.2) is 9.37 Å². The Bertz CT molecular complexity index is 612. The first-order valence-electron chi connectivity index (χ1n) is 5.99. The molecule has 8 heteroatoms. The molecular weight excluding hydrogens is 263 g/mol. The minimum Gasteiger partial charge on any atom is -0.352 e. The lowest BCUT2D eigenvalue weighted by atomic mass is 10.1. The van der Waals surface area contributed by atoms with Crippen molar-refractivity contribution in [3.63, 3.8) is 0 Å². The molecule has 0 fully saturated rings. The smallest absolute Gasteiger partial charge is 0.253 e. The molecule has 2 rings (SSSR count). The first-order chi connectivity index (χ1) is 9.61. The van der Waals surface area contributed by atoms with E-state index in [1.54, 1.807) is 18.1 Å². The summed E-state index contributed by atoms with van der Waals surface area (Å²) in [7, 11) is 1.76. The van der Waals surface area contributed by atoms with Crippen molar-refractivity contribution >= 4 is 11.6 Å². The number of nitrogens with zero attached hydrogens (tertiary/aromatic N) is 3. The number of aromatic nitrogens is 3. The lowest BCUT2D eigenvalue weighted by Gasteiger charge is -2.09. The third kappa shape index (κ3) is 3.09. The van der Waals surface area contributed by atoms with E-state index in [0.29, 0.717) is 18.8 Å². The molecule has 1 amide bonds. The molecule has 4 N–H and O–H groups in total. The second-order valence-electron chi connectivity index (χ2n) is 4.15. The Kier molecular flexibility index (Phi) is 4.26. The van der Waals surface area contributed by atoms with E-state index in [9.17, 15) is 9.18 Å². The number of halogens is 1. The van der Waals surface area contributed by atoms with Crippen molar-refractivity contribution < 1.29 is 9.18 Å². The number of hydrazine groups is 1. The van der Waals surface area contributed by atoms with Gasteiger partial charge < -0.3 is 10.7 Å². The van der Waals surface area contributed by atoms with Crippen LogP contribution in [0.15, 0.2) is 24.5 Å². The normalized spacial score (nSPS) is 10.3. The van der Waals surface area contributed by atoms with Crippen LogP contribution in [0.5, 0.6) is 0 Å². The van der Waals surface area contributed by atoms with E-state index in [2.05, 4.69) is 20.8 Å². The van der Waals surface area contributed by atoms with Gasteiger partial charge in [0.1, 0.15) is 12.1 Å². The highest BCUT2D eigenvalue weighted by Crippen LogP contribution is 2.18. The predicted molar refractivity (Wildman–Crippen MR) is 71.3 cm³/mol. The van der Waals surface area contributed by atoms with Gasteiger partial charge in [-0.1, -0.05) is 6.07 Å². The van der Waals surface area contributed by atoms with Gasteiger partial charge in [-0.3, -0.25) is 15.3 Å². The summed E-state index contributed by atoms with van der Waals surface area (Å²) in [5.74, 6) is 4.86. The van der Waals surface area contributed by atoms with E-state index < -0.39 is 11.7 Å². The number of para-hydroxylation sites is 1. The minimum atomic E-state index is -0.577. The summed E-state index contributed by atoms with van der Waals surface area (Å²) in [5, 5.41) is 6.76.